The van der Waals surface area contributed by atoms with E-state index in [9.17, 15) is 20.0 Å². The first-order chi connectivity index (χ1) is 27.7. The molecule has 2 N–H and O–H groups in total. The Morgan fingerprint density at radius 2 is 1.47 bits per heavy atom. The maximum atomic E-state index is 13.5. The van der Waals surface area contributed by atoms with Crippen LogP contribution in [0.25, 0.3) is 0 Å². The molecular formula is C44H58N5O8P. The second-order valence-electron chi connectivity index (χ2n) is 15.5. The first-order valence-corrected chi connectivity index (χ1v) is 20.9. The molecule has 58 heavy (non-hydrogen) atoms. The predicted octanol–water partition coefficient (Wildman–Crippen LogP) is 6.53. The number of aliphatic hydroxyl groups is 1. The normalized spacial score (nSPS) is 18.7. The summed E-state index contributed by atoms with van der Waals surface area (Å²) in [6.45, 7) is 14.5. The van der Waals surface area contributed by atoms with Crippen molar-refractivity contribution >= 4 is 8.30 Å². The van der Waals surface area contributed by atoms with Crippen molar-refractivity contribution in [2.45, 2.75) is 96.3 Å². The molecule has 0 amide bonds. The third kappa shape index (κ3) is 9.89. The minimum absolute atomic E-state index is 0.000842. The van der Waals surface area contributed by atoms with E-state index in [1.807, 2.05) is 107 Å². The highest BCUT2D eigenvalue weighted by Gasteiger charge is 2.48. The Balaban J connectivity index is 1.73. The summed E-state index contributed by atoms with van der Waals surface area (Å²) in [6, 6.07) is 27.5. The second kappa shape index (κ2) is 19.6. The van der Waals surface area contributed by atoms with Gasteiger partial charge in [-0.2, -0.15) is 5.26 Å². The van der Waals surface area contributed by atoms with Crippen LogP contribution < -0.4 is 20.7 Å². The van der Waals surface area contributed by atoms with Crippen molar-refractivity contribution in [1.82, 2.24) is 19.1 Å². The number of nitrogens with zero attached hydrogens (tertiary/aromatic N) is 4. The van der Waals surface area contributed by atoms with Gasteiger partial charge in [0.2, 0.25) is 0 Å². The van der Waals surface area contributed by atoms with Crippen molar-refractivity contribution in [1.29, 1.82) is 5.26 Å². The van der Waals surface area contributed by atoms with E-state index in [0.29, 0.717) is 30.2 Å². The third-order valence-corrected chi connectivity index (χ3v) is 12.9. The molecule has 1 aliphatic rings. The van der Waals surface area contributed by atoms with Gasteiger partial charge in [-0.3, -0.25) is 23.9 Å². The molecule has 312 valence electrons. The Morgan fingerprint density at radius 3 is 1.97 bits per heavy atom. The van der Waals surface area contributed by atoms with Crippen molar-refractivity contribution in [2.75, 3.05) is 40.5 Å². The number of hydrogen-bond donors (Lipinski definition) is 2. The van der Waals surface area contributed by atoms with E-state index in [1.54, 1.807) is 21.1 Å². The van der Waals surface area contributed by atoms with Crippen molar-refractivity contribution < 1.29 is 28.6 Å². The molecular weight excluding hydrogens is 757 g/mol. The van der Waals surface area contributed by atoms with Gasteiger partial charge in [-0.15, -0.1) is 0 Å². The van der Waals surface area contributed by atoms with Gasteiger partial charge in [-0.05, 0) is 89.4 Å². The standard InChI is InChI=1S/C44H58N5O8P/c1-30(2)47-26-39(48-25-33(7)41(51)46-42(48)52)57-43(27-47,29-56-58(40(50)23-24-45)49(31(3)4)32(5)6)28-55-44(34-13-11-10-12-14-34,35-15-19-37(53-8)20-16-35)36-17-21-38(54-9)22-18-36/h10-22,25,30-32,39-40,50H,23,26-29H2,1-9H3,(H,46,51,52)/t39-,40?,43-,58?/m1/s1. The number of rotatable bonds is 18. The lowest BCUT2D eigenvalue weighted by Gasteiger charge is -2.50. The molecule has 5 rings (SSSR count). The SMILES string of the molecule is COc1ccc(C(OC[C@@]2(COP(C(O)CC#N)N(C(C)C)C(C)C)CN(C(C)C)C[C@H](n3cc(C)c(=O)[nH]c3=O)O2)(c2ccccc2)c2ccc(OC)cc2)cc1. The highest BCUT2D eigenvalue weighted by Crippen LogP contribution is 2.51. The number of aliphatic hydroxyl groups excluding tert-OH is 1. The van der Waals surface area contributed by atoms with Crippen molar-refractivity contribution in [2.24, 2.45) is 0 Å². The molecule has 1 fully saturated rings. The Labute approximate surface area is 343 Å². The van der Waals surface area contributed by atoms with Crippen LogP contribution in [-0.2, 0) is 19.6 Å². The Bertz CT molecular complexity index is 2030. The Morgan fingerprint density at radius 1 is 0.914 bits per heavy atom. The first kappa shape index (κ1) is 44.7. The summed E-state index contributed by atoms with van der Waals surface area (Å²) >= 11 is 0. The van der Waals surface area contributed by atoms with E-state index >= 15 is 0 Å². The number of benzene rings is 3. The maximum absolute atomic E-state index is 13.5. The van der Waals surface area contributed by atoms with E-state index in [4.69, 9.17) is 23.5 Å². The van der Waals surface area contributed by atoms with Gasteiger partial charge in [0.25, 0.3) is 5.56 Å². The molecule has 3 aromatic carbocycles. The van der Waals surface area contributed by atoms with Crippen molar-refractivity contribution in [3.05, 3.63) is 128 Å². The van der Waals surface area contributed by atoms with Crippen LogP contribution in [-0.4, -0.2) is 94.3 Å². The molecule has 0 radical (unpaired) electrons. The van der Waals surface area contributed by atoms with Crippen LogP contribution >= 0.6 is 8.30 Å². The van der Waals surface area contributed by atoms with Crippen LogP contribution in [0.4, 0.5) is 0 Å². The number of methoxy groups -OCH3 is 2. The molecule has 0 spiro atoms. The molecule has 0 bridgehead atoms. The largest absolute Gasteiger partial charge is 0.497 e. The highest BCUT2D eigenvalue weighted by atomic mass is 31.2. The number of morpholine rings is 1. The molecule has 1 aliphatic heterocycles. The molecule has 1 saturated heterocycles. The molecule has 13 nitrogen and oxygen atoms in total. The smallest absolute Gasteiger partial charge is 0.330 e. The van der Waals surface area contributed by atoms with Gasteiger partial charge < -0.3 is 28.6 Å². The van der Waals surface area contributed by atoms with E-state index < -0.39 is 42.8 Å². The molecule has 4 aromatic rings. The number of ether oxygens (including phenoxy) is 4. The lowest BCUT2D eigenvalue weighted by Crippen LogP contribution is -2.61. The Kier molecular flexibility index (Phi) is 15.1. The fraction of sp³-hybridized carbons (Fsp3) is 0.477. The van der Waals surface area contributed by atoms with Gasteiger partial charge in [0.1, 0.15) is 36.8 Å². The summed E-state index contributed by atoms with van der Waals surface area (Å²) in [7, 11) is 1.49. The third-order valence-electron chi connectivity index (χ3n) is 10.5. The number of nitrogens with one attached hydrogen (secondary N) is 1. The van der Waals surface area contributed by atoms with Gasteiger partial charge >= 0.3 is 5.69 Å². The van der Waals surface area contributed by atoms with E-state index in [1.165, 1.54) is 10.8 Å². The highest BCUT2D eigenvalue weighted by molar-refractivity contribution is 7.50. The second-order valence-corrected chi connectivity index (χ2v) is 17.5. The van der Waals surface area contributed by atoms with Crippen LogP contribution in [0.2, 0.25) is 0 Å². The fourth-order valence-electron chi connectivity index (χ4n) is 7.55. The topological polar surface area (TPSA) is 152 Å². The molecule has 0 saturated carbocycles. The quantitative estimate of drug-likeness (QED) is 0.0834. The molecule has 4 atom stereocenters. The summed E-state index contributed by atoms with van der Waals surface area (Å²) in [4.78, 5) is 30.6. The van der Waals surface area contributed by atoms with Gasteiger partial charge in [-0.25, -0.2) is 4.79 Å². The minimum Gasteiger partial charge on any atom is -0.497 e. The maximum Gasteiger partial charge on any atom is 0.330 e. The van der Waals surface area contributed by atoms with Crippen molar-refractivity contribution in [3.63, 3.8) is 0 Å². The van der Waals surface area contributed by atoms with E-state index in [-0.39, 0.29) is 37.8 Å². The van der Waals surface area contributed by atoms with Crippen LogP contribution in [0.1, 0.15) is 76.4 Å². The lowest BCUT2D eigenvalue weighted by molar-refractivity contribution is -0.231. The summed E-state index contributed by atoms with van der Waals surface area (Å²) in [6.07, 6.45) is 0.541. The average Bonchev–Trinajstić information content (AvgIpc) is 3.21. The predicted molar refractivity (Wildman–Crippen MR) is 225 cm³/mol. The average molecular weight is 816 g/mol. The number of hydrogen-bond acceptors (Lipinski definition) is 11. The number of nitriles is 1. The number of H-pyrrole nitrogens is 1. The van der Waals surface area contributed by atoms with E-state index in [0.717, 1.165) is 16.7 Å². The molecule has 2 heterocycles. The van der Waals surface area contributed by atoms with Gasteiger partial charge in [0, 0.05) is 43.0 Å². The van der Waals surface area contributed by atoms with Gasteiger partial charge in [-0.1, -0.05) is 54.6 Å². The zero-order valence-electron chi connectivity index (χ0n) is 35.0. The summed E-state index contributed by atoms with van der Waals surface area (Å²) < 4.78 is 36.1. The van der Waals surface area contributed by atoms with E-state index in [2.05, 4.69) is 34.5 Å². The number of aromatic nitrogens is 2. The number of aromatic amines is 1. The molecule has 14 heteroatoms. The van der Waals surface area contributed by atoms with Crippen LogP contribution in [0.3, 0.4) is 0 Å². The molecule has 2 unspecified atom stereocenters. The zero-order valence-corrected chi connectivity index (χ0v) is 35.9. The van der Waals surface area contributed by atoms with Crippen molar-refractivity contribution in [3.8, 4) is 17.6 Å². The van der Waals surface area contributed by atoms with Gasteiger partial charge in [0.05, 0.1) is 39.9 Å². The van der Waals surface area contributed by atoms with Crippen LogP contribution in [0, 0.1) is 18.3 Å². The number of aryl methyl sites for hydroxylation is 1. The molecule has 0 aliphatic carbocycles. The summed E-state index contributed by atoms with van der Waals surface area (Å²) in [5.74, 6) is 0.291. The van der Waals surface area contributed by atoms with Crippen LogP contribution in [0.5, 0.6) is 11.5 Å². The van der Waals surface area contributed by atoms with Crippen LogP contribution in [0.15, 0.2) is 94.6 Å². The lowest BCUT2D eigenvalue weighted by atomic mass is 9.79. The summed E-state index contributed by atoms with van der Waals surface area (Å²) in [5.41, 5.74) is -0.724. The monoisotopic (exact) mass is 815 g/mol. The fourth-order valence-corrected chi connectivity index (χ4v) is 9.68. The van der Waals surface area contributed by atoms with Gasteiger partial charge in [0.15, 0.2) is 6.23 Å². The summed E-state index contributed by atoms with van der Waals surface area (Å²) in [5, 5.41) is 21.2. The molecule has 1 aromatic heterocycles. The minimum atomic E-state index is -1.75. The first-order valence-electron chi connectivity index (χ1n) is 19.7. The zero-order chi connectivity index (χ0) is 42.2. The Hall–Kier alpha value is -4.38.